The van der Waals surface area contributed by atoms with E-state index in [0.717, 1.165) is 0 Å². The molecule has 0 unspecified atom stereocenters. The van der Waals surface area contributed by atoms with Gasteiger partial charge in [-0.25, -0.2) is 19.2 Å². The molecule has 0 aliphatic carbocycles. The monoisotopic (exact) mass is 688 g/mol. The fraction of sp³-hybridized carbons (Fsp3) is 0.222. The van der Waals surface area contributed by atoms with Gasteiger partial charge in [-0.3, -0.25) is 4.52 Å². The number of carbonyl (C=O) groups is 4. The van der Waals surface area contributed by atoms with Crippen LogP contribution in [0.25, 0.3) is 0 Å². The molecule has 1 saturated heterocycles. The lowest BCUT2D eigenvalue weighted by molar-refractivity contribution is -0.277. The van der Waals surface area contributed by atoms with Crippen LogP contribution in [0.3, 0.4) is 0 Å². The summed E-state index contributed by atoms with van der Waals surface area (Å²) >= 11 is 0. The van der Waals surface area contributed by atoms with Gasteiger partial charge in [0.15, 0.2) is 18.3 Å². The number of benzene rings is 4. The highest BCUT2D eigenvalue weighted by molar-refractivity contribution is 7.41. The van der Waals surface area contributed by atoms with Crippen LogP contribution in [-0.4, -0.2) is 75.4 Å². The molecular formula is C36H33O12P. The number of rotatable bonds is 13. The zero-order valence-electron chi connectivity index (χ0n) is 26.5. The Balaban J connectivity index is 1.56. The first-order valence-electron chi connectivity index (χ1n) is 15.1. The predicted molar refractivity (Wildman–Crippen MR) is 174 cm³/mol. The van der Waals surface area contributed by atoms with Crippen molar-refractivity contribution < 1.29 is 56.4 Å². The number of carbonyl (C=O) groups excluding carboxylic acids is 4. The van der Waals surface area contributed by atoms with Crippen LogP contribution in [0.5, 0.6) is 0 Å². The Hall–Kier alpha value is -4.97. The van der Waals surface area contributed by atoms with Crippen LogP contribution in [0.1, 0.15) is 41.4 Å². The van der Waals surface area contributed by atoms with Gasteiger partial charge in [0.2, 0.25) is 6.29 Å². The van der Waals surface area contributed by atoms with E-state index in [1.807, 2.05) is 0 Å². The predicted octanol–water partition coefficient (Wildman–Crippen LogP) is 5.78. The van der Waals surface area contributed by atoms with Crippen molar-refractivity contribution in [3.8, 4) is 0 Å². The van der Waals surface area contributed by atoms with Gasteiger partial charge in [0.1, 0.15) is 12.7 Å². The average Bonchev–Trinajstić information content (AvgIpc) is 3.16. The number of hydrogen-bond acceptors (Lipinski definition) is 12. The molecule has 1 fully saturated rings. The lowest BCUT2D eigenvalue weighted by Gasteiger charge is -2.44. The van der Waals surface area contributed by atoms with Crippen molar-refractivity contribution in [3.63, 3.8) is 0 Å². The van der Waals surface area contributed by atoms with Gasteiger partial charge >= 0.3 is 32.5 Å². The summed E-state index contributed by atoms with van der Waals surface area (Å²) in [5, 5.41) is 0. The first kappa shape index (κ1) is 35.3. The minimum absolute atomic E-state index is 0.163. The quantitative estimate of drug-likeness (QED) is 0.0955. The first-order valence-corrected chi connectivity index (χ1v) is 16.2. The van der Waals surface area contributed by atoms with Crippen molar-refractivity contribution in [2.24, 2.45) is 0 Å². The molecule has 49 heavy (non-hydrogen) atoms. The molecule has 0 saturated carbocycles. The van der Waals surface area contributed by atoms with Gasteiger partial charge in [0.25, 0.3) is 0 Å². The Kier molecular flexibility index (Phi) is 12.6. The van der Waals surface area contributed by atoms with Crippen molar-refractivity contribution in [2.75, 3.05) is 20.8 Å². The highest BCUT2D eigenvalue weighted by Crippen LogP contribution is 2.43. The molecule has 254 valence electrons. The standard InChI is InChI=1S/C36H33O12P/c1-41-49(42-2)48-36-31(47-35(40)27-21-13-6-14-22-27)30(46-34(39)26-19-11-5-12-20-26)29(45-33(38)25-17-9-4-10-18-25)28(44-36)23-43-32(37)24-15-7-3-8-16-24/h3-22,28-31,36H,23H2,1-2H3/t28-,29-,30+,31-,36+/m1/s1. The molecular weight excluding hydrogens is 655 g/mol. The molecule has 4 aromatic rings. The first-order chi connectivity index (χ1) is 23.9. The molecule has 0 bridgehead atoms. The molecule has 0 N–H and O–H groups in total. The molecule has 0 spiro atoms. The largest absolute Gasteiger partial charge is 0.459 e. The SMILES string of the molecule is COP(OC)O[C@@H]1O[C@H](COC(=O)c2ccccc2)[C@@H](OC(=O)c2ccccc2)[C@H](OC(=O)c2ccccc2)[C@H]1OC(=O)c1ccccc1. The number of ether oxygens (including phenoxy) is 5. The lowest BCUT2D eigenvalue weighted by Crippen LogP contribution is -2.63. The van der Waals surface area contributed by atoms with Gasteiger partial charge in [-0.15, -0.1) is 0 Å². The summed E-state index contributed by atoms with van der Waals surface area (Å²) in [6.07, 6.45) is -7.44. The van der Waals surface area contributed by atoms with Gasteiger partial charge < -0.3 is 32.7 Å². The molecule has 5 rings (SSSR count). The van der Waals surface area contributed by atoms with Gasteiger partial charge in [-0.1, -0.05) is 72.8 Å². The van der Waals surface area contributed by atoms with Gasteiger partial charge in [-0.2, -0.15) is 0 Å². The van der Waals surface area contributed by atoms with Gasteiger partial charge in [0.05, 0.1) is 22.3 Å². The molecule has 4 aromatic carbocycles. The second-order valence-corrected chi connectivity index (χ2v) is 11.8. The highest BCUT2D eigenvalue weighted by atomic mass is 31.2. The van der Waals surface area contributed by atoms with Crippen molar-refractivity contribution in [1.29, 1.82) is 0 Å². The lowest BCUT2D eigenvalue weighted by atomic mass is 9.97. The molecule has 1 aliphatic rings. The third kappa shape index (κ3) is 9.35. The van der Waals surface area contributed by atoms with Crippen LogP contribution >= 0.6 is 8.60 Å². The van der Waals surface area contributed by atoms with Crippen LogP contribution < -0.4 is 0 Å². The van der Waals surface area contributed by atoms with Crippen molar-refractivity contribution in [1.82, 2.24) is 0 Å². The summed E-state index contributed by atoms with van der Waals surface area (Å²) in [7, 11) is 0.581. The Morgan fingerprint density at radius 1 is 0.531 bits per heavy atom. The van der Waals surface area contributed by atoms with E-state index in [1.165, 1.54) is 50.6 Å². The summed E-state index contributed by atoms with van der Waals surface area (Å²) in [4.78, 5) is 53.6. The molecule has 0 radical (unpaired) electrons. The van der Waals surface area contributed by atoms with Crippen LogP contribution in [0.4, 0.5) is 0 Å². The summed E-state index contributed by atoms with van der Waals surface area (Å²) in [6.45, 7) is -0.489. The smallest absolute Gasteiger partial charge is 0.338 e. The summed E-state index contributed by atoms with van der Waals surface area (Å²) in [5.74, 6) is -3.14. The second-order valence-electron chi connectivity index (χ2n) is 10.4. The number of hydrogen-bond donors (Lipinski definition) is 0. The minimum Gasteiger partial charge on any atom is -0.459 e. The molecule has 12 nitrogen and oxygen atoms in total. The Bertz CT molecular complexity index is 1670. The van der Waals surface area contributed by atoms with E-state index in [9.17, 15) is 19.2 Å². The van der Waals surface area contributed by atoms with Crippen molar-refractivity contribution in [3.05, 3.63) is 144 Å². The zero-order chi connectivity index (χ0) is 34.6. The van der Waals surface area contributed by atoms with Gasteiger partial charge in [-0.05, 0) is 48.5 Å². The third-order valence-electron chi connectivity index (χ3n) is 7.23. The van der Waals surface area contributed by atoms with Crippen LogP contribution in [0.15, 0.2) is 121 Å². The molecule has 0 aromatic heterocycles. The maximum Gasteiger partial charge on any atom is 0.338 e. The van der Waals surface area contributed by atoms with E-state index in [2.05, 4.69) is 0 Å². The minimum atomic E-state index is -2.08. The number of esters is 4. The van der Waals surface area contributed by atoms with Gasteiger partial charge in [0, 0.05) is 14.2 Å². The average molecular weight is 689 g/mol. The Morgan fingerprint density at radius 3 is 1.31 bits per heavy atom. The molecule has 1 aliphatic heterocycles. The van der Waals surface area contributed by atoms with Crippen LogP contribution in [0.2, 0.25) is 0 Å². The second kappa shape index (κ2) is 17.4. The van der Waals surface area contributed by atoms with E-state index in [0.29, 0.717) is 0 Å². The summed E-state index contributed by atoms with van der Waals surface area (Å²) in [6, 6.07) is 32.4. The van der Waals surface area contributed by atoms with Crippen molar-refractivity contribution in [2.45, 2.75) is 30.7 Å². The summed E-state index contributed by atoms with van der Waals surface area (Å²) < 4.78 is 46.3. The molecule has 1 heterocycles. The normalized spacial score (nSPS) is 20.2. The van der Waals surface area contributed by atoms with E-state index in [4.69, 9.17) is 37.3 Å². The van der Waals surface area contributed by atoms with Crippen LogP contribution in [0, 0.1) is 0 Å². The third-order valence-corrected chi connectivity index (χ3v) is 8.20. The molecule has 0 amide bonds. The molecule has 5 atom stereocenters. The Morgan fingerprint density at radius 2 is 0.898 bits per heavy atom. The maximum absolute atomic E-state index is 13.6. The zero-order valence-corrected chi connectivity index (χ0v) is 27.4. The fourth-order valence-corrected chi connectivity index (χ4v) is 5.52. The Labute approximate surface area is 283 Å². The molecule has 13 heteroatoms. The highest BCUT2D eigenvalue weighted by Gasteiger charge is 2.54. The van der Waals surface area contributed by atoms with E-state index in [-0.39, 0.29) is 22.3 Å². The van der Waals surface area contributed by atoms with E-state index < -0.39 is 69.8 Å². The maximum atomic E-state index is 13.6. The topological polar surface area (TPSA) is 142 Å². The van der Waals surface area contributed by atoms with Crippen LogP contribution in [-0.2, 0) is 37.3 Å². The summed E-state index contributed by atoms with van der Waals surface area (Å²) in [5.41, 5.74) is 0.768. The van der Waals surface area contributed by atoms with E-state index in [1.54, 1.807) is 84.9 Å². The fourth-order valence-electron chi connectivity index (χ4n) is 4.86. The van der Waals surface area contributed by atoms with Crippen molar-refractivity contribution >= 4 is 32.5 Å². The van der Waals surface area contributed by atoms with E-state index >= 15 is 0 Å².